The first-order valence-electron chi connectivity index (χ1n) is 11.0. The highest BCUT2D eigenvalue weighted by Crippen LogP contribution is 2.18. The molecule has 5 rings (SSSR count). The van der Waals surface area contributed by atoms with Gasteiger partial charge in [0.2, 0.25) is 11.7 Å². The molecular formula is C26H23N5O3. The van der Waals surface area contributed by atoms with Crippen molar-refractivity contribution in [1.82, 2.24) is 19.2 Å². The maximum atomic E-state index is 13.3. The van der Waals surface area contributed by atoms with Gasteiger partial charge in [-0.05, 0) is 42.0 Å². The molecule has 34 heavy (non-hydrogen) atoms. The van der Waals surface area contributed by atoms with E-state index in [1.54, 1.807) is 42.0 Å². The Labute approximate surface area is 195 Å². The number of hydrogen-bond donors (Lipinski definition) is 1. The summed E-state index contributed by atoms with van der Waals surface area (Å²) in [6, 6.07) is 24.3. The van der Waals surface area contributed by atoms with Crippen LogP contribution in [0.15, 0.2) is 83.7 Å². The molecule has 0 radical (unpaired) electrons. The van der Waals surface area contributed by atoms with Crippen LogP contribution in [-0.2, 0) is 17.8 Å². The highest BCUT2D eigenvalue weighted by molar-refractivity contribution is 5.90. The summed E-state index contributed by atoms with van der Waals surface area (Å²) in [6.45, 7) is 0.379. The zero-order valence-electron chi connectivity index (χ0n) is 18.6. The van der Waals surface area contributed by atoms with Crippen molar-refractivity contribution in [2.45, 2.75) is 19.4 Å². The molecule has 0 unspecified atom stereocenters. The van der Waals surface area contributed by atoms with Crippen molar-refractivity contribution in [3.05, 3.63) is 101 Å². The van der Waals surface area contributed by atoms with Crippen molar-refractivity contribution in [2.75, 3.05) is 12.4 Å². The van der Waals surface area contributed by atoms with E-state index in [2.05, 4.69) is 15.5 Å². The van der Waals surface area contributed by atoms with E-state index in [-0.39, 0.29) is 17.9 Å². The molecule has 8 nitrogen and oxygen atoms in total. The lowest BCUT2D eigenvalue weighted by atomic mass is 10.2. The topological polar surface area (TPSA) is 90.5 Å². The first-order chi connectivity index (χ1) is 16.6. The number of aryl methyl sites for hydroxylation is 1. The number of fused-ring (bicyclic) bond motifs is 3. The maximum Gasteiger partial charge on any atom is 0.263 e. The van der Waals surface area contributed by atoms with Gasteiger partial charge < -0.3 is 10.1 Å². The van der Waals surface area contributed by atoms with Gasteiger partial charge >= 0.3 is 0 Å². The van der Waals surface area contributed by atoms with Gasteiger partial charge in [0.1, 0.15) is 11.6 Å². The van der Waals surface area contributed by atoms with Gasteiger partial charge in [0, 0.05) is 18.5 Å². The highest BCUT2D eigenvalue weighted by Gasteiger charge is 2.17. The van der Waals surface area contributed by atoms with Gasteiger partial charge in [0.05, 0.1) is 24.6 Å². The van der Waals surface area contributed by atoms with Gasteiger partial charge in [-0.1, -0.05) is 42.5 Å². The molecule has 0 fully saturated rings. The van der Waals surface area contributed by atoms with Gasteiger partial charge in [-0.3, -0.25) is 18.6 Å². The second-order valence-corrected chi connectivity index (χ2v) is 7.92. The molecule has 3 aromatic carbocycles. The van der Waals surface area contributed by atoms with Crippen LogP contribution in [-0.4, -0.2) is 32.2 Å². The van der Waals surface area contributed by atoms with Crippen LogP contribution in [0.1, 0.15) is 17.8 Å². The second-order valence-electron chi connectivity index (χ2n) is 7.92. The van der Waals surface area contributed by atoms with Gasteiger partial charge in [-0.25, -0.2) is 0 Å². The third-order valence-electron chi connectivity index (χ3n) is 5.71. The molecule has 0 aliphatic rings. The summed E-state index contributed by atoms with van der Waals surface area (Å²) >= 11 is 0. The number of nitrogens with zero attached hydrogens (tertiary/aromatic N) is 4. The van der Waals surface area contributed by atoms with Crippen LogP contribution in [0, 0.1) is 0 Å². The molecule has 0 aliphatic heterocycles. The van der Waals surface area contributed by atoms with Gasteiger partial charge in [0.25, 0.3) is 5.56 Å². The van der Waals surface area contributed by atoms with Crippen molar-refractivity contribution in [3.8, 4) is 5.75 Å². The lowest BCUT2D eigenvalue weighted by Crippen LogP contribution is -2.24. The number of carbonyl (C=O) groups excluding carboxylic acids is 1. The van der Waals surface area contributed by atoms with E-state index in [0.717, 1.165) is 16.8 Å². The summed E-state index contributed by atoms with van der Waals surface area (Å²) in [4.78, 5) is 25.8. The number of aromatic nitrogens is 4. The lowest BCUT2D eigenvalue weighted by Gasteiger charge is -2.11. The van der Waals surface area contributed by atoms with Crippen LogP contribution < -0.4 is 15.6 Å². The summed E-state index contributed by atoms with van der Waals surface area (Å²) in [5, 5.41) is 12.1. The van der Waals surface area contributed by atoms with E-state index < -0.39 is 0 Å². The minimum atomic E-state index is -0.135. The Bertz CT molecular complexity index is 1520. The molecule has 1 N–H and O–H groups in total. The summed E-state index contributed by atoms with van der Waals surface area (Å²) in [5.41, 5.74) is 2.29. The Morgan fingerprint density at radius 2 is 1.68 bits per heavy atom. The summed E-state index contributed by atoms with van der Waals surface area (Å²) in [7, 11) is 1.60. The van der Waals surface area contributed by atoms with E-state index in [1.807, 2.05) is 52.9 Å². The number of para-hydroxylation sites is 1. The smallest absolute Gasteiger partial charge is 0.263 e. The number of amides is 1. The number of nitrogens with one attached hydrogen (secondary N) is 1. The van der Waals surface area contributed by atoms with E-state index in [0.29, 0.717) is 35.6 Å². The Balaban J connectivity index is 1.46. The molecule has 0 aliphatic carbocycles. The van der Waals surface area contributed by atoms with Crippen LogP contribution in [0.25, 0.3) is 16.7 Å². The molecule has 0 bridgehead atoms. The minimum Gasteiger partial charge on any atom is -0.497 e. The Hall–Kier alpha value is -4.46. The molecule has 0 atom stereocenters. The molecule has 0 saturated heterocycles. The molecule has 170 valence electrons. The van der Waals surface area contributed by atoms with Crippen LogP contribution in [0.4, 0.5) is 5.69 Å². The predicted molar refractivity (Wildman–Crippen MR) is 130 cm³/mol. The number of ether oxygens (including phenoxy) is 1. The largest absolute Gasteiger partial charge is 0.497 e. The van der Waals surface area contributed by atoms with Crippen LogP contribution in [0.2, 0.25) is 0 Å². The van der Waals surface area contributed by atoms with Crippen molar-refractivity contribution >= 4 is 28.3 Å². The number of carbonyl (C=O) groups is 1. The fourth-order valence-corrected chi connectivity index (χ4v) is 4.01. The van der Waals surface area contributed by atoms with Gasteiger partial charge in [-0.15, -0.1) is 10.2 Å². The normalized spacial score (nSPS) is 11.1. The van der Waals surface area contributed by atoms with Gasteiger partial charge in [-0.2, -0.15) is 0 Å². The average Bonchev–Trinajstić information content (AvgIpc) is 3.30. The Kier molecular flexibility index (Phi) is 5.78. The van der Waals surface area contributed by atoms with Crippen LogP contribution in [0.5, 0.6) is 5.75 Å². The van der Waals surface area contributed by atoms with Crippen LogP contribution in [0.3, 0.4) is 0 Å². The van der Waals surface area contributed by atoms with Crippen molar-refractivity contribution < 1.29 is 9.53 Å². The number of hydrogen-bond acceptors (Lipinski definition) is 5. The van der Waals surface area contributed by atoms with E-state index in [1.165, 1.54) is 0 Å². The molecule has 0 spiro atoms. The molecular weight excluding hydrogens is 430 g/mol. The summed E-state index contributed by atoms with van der Waals surface area (Å²) < 4.78 is 8.65. The molecule has 5 aromatic rings. The zero-order chi connectivity index (χ0) is 23.5. The third kappa shape index (κ3) is 4.13. The lowest BCUT2D eigenvalue weighted by molar-refractivity contribution is -0.116. The second kappa shape index (κ2) is 9.19. The minimum absolute atomic E-state index is 0.122. The monoisotopic (exact) mass is 453 g/mol. The first kappa shape index (κ1) is 21.4. The van der Waals surface area contributed by atoms with Crippen molar-refractivity contribution in [3.63, 3.8) is 0 Å². The van der Waals surface area contributed by atoms with E-state index >= 15 is 0 Å². The van der Waals surface area contributed by atoms with E-state index in [4.69, 9.17) is 4.74 Å². The Morgan fingerprint density at radius 1 is 0.941 bits per heavy atom. The quantitative estimate of drug-likeness (QED) is 0.406. The zero-order valence-corrected chi connectivity index (χ0v) is 18.6. The average molecular weight is 454 g/mol. The molecule has 0 saturated carbocycles. The molecule has 2 heterocycles. The number of anilines is 1. The predicted octanol–water partition coefficient (Wildman–Crippen LogP) is 3.67. The summed E-state index contributed by atoms with van der Waals surface area (Å²) in [6.07, 6.45) is 0.593. The SMILES string of the molecule is COc1ccc(NC(=O)CCc2nnc3n(Cc4ccccc4)c(=O)c4ccccc4n23)cc1. The van der Waals surface area contributed by atoms with E-state index in [9.17, 15) is 9.59 Å². The first-order valence-corrected chi connectivity index (χ1v) is 11.0. The number of benzene rings is 3. The fraction of sp³-hybridized carbons (Fsp3) is 0.154. The van der Waals surface area contributed by atoms with Crippen molar-refractivity contribution in [1.29, 1.82) is 0 Å². The maximum absolute atomic E-state index is 13.3. The van der Waals surface area contributed by atoms with Gasteiger partial charge in [0.15, 0.2) is 0 Å². The standard InChI is InChI=1S/C26H23N5O3/c1-34-20-13-11-19(12-14-20)27-24(32)16-15-23-28-29-26-30(17-18-7-3-2-4-8-18)25(33)21-9-5-6-10-22(21)31(23)26/h2-14H,15-17H2,1H3,(H,27,32). The van der Waals surface area contributed by atoms with Crippen molar-refractivity contribution in [2.24, 2.45) is 0 Å². The number of rotatable bonds is 7. The molecule has 1 amide bonds. The highest BCUT2D eigenvalue weighted by atomic mass is 16.5. The fourth-order valence-electron chi connectivity index (χ4n) is 4.01. The van der Waals surface area contributed by atoms with Crippen LogP contribution >= 0.6 is 0 Å². The third-order valence-corrected chi connectivity index (χ3v) is 5.71. The molecule has 2 aromatic heterocycles. The Morgan fingerprint density at radius 3 is 2.44 bits per heavy atom. The summed E-state index contributed by atoms with van der Waals surface area (Å²) in [5.74, 6) is 1.67. The number of methoxy groups -OCH3 is 1. The molecule has 8 heteroatoms.